The van der Waals surface area contributed by atoms with E-state index >= 15 is 0 Å². The van der Waals surface area contributed by atoms with E-state index in [1.54, 1.807) is 6.07 Å². The summed E-state index contributed by atoms with van der Waals surface area (Å²) in [5.41, 5.74) is -0.748. The lowest BCUT2D eigenvalue weighted by atomic mass is 10.1. The normalized spacial score (nSPS) is 11.4. The Bertz CT molecular complexity index is 447. The van der Waals surface area contributed by atoms with Crippen LogP contribution in [0.25, 0.3) is 0 Å². The van der Waals surface area contributed by atoms with Gasteiger partial charge in [-0.3, -0.25) is 0 Å². The van der Waals surface area contributed by atoms with Crippen LogP contribution >= 0.6 is 0 Å². The number of rotatable bonds is 4. The van der Waals surface area contributed by atoms with Crippen LogP contribution in [0, 0.1) is 11.3 Å². The van der Waals surface area contributed by atoms with Crippen LogP contribution in [-0.4, -0.2) is 32.1 Å². The van der Waals surface area contributed by atoms with Gasteiger partial charge in [-0.1, -0.05) is 0 Å². The fourth-order valence-corrected chi connectivity index (χ4v) is 1.42. The van der Waals surface area contributed by atoms with Gasteiger partial charge in [0.15, 0.2) is 0 Å². The van der Waals surface area contributed by atoms with Crippen molar-refractivity contribution in [2.45, 2.75) is 6.18 Å². The molecule has 0 aromatic heterocycles. The van der Waals surface area contributed by atoms with Crippen molar-refractivity contribution in [2.24, 2.45) is 0 Å². The van der Waals surface area contributed by atoms with E-state index < -0.39 is 11.7 Å². The van der Waals surface area contributed by atoms with E-state index in [1.165, 1.54) is 12.1 Å². The van der Waals surface area contributed by atoms with Gasteiger partial charge in [-0.25, -0.2) is 0 Å². The molecule has 0 saturated heterocycles. The van der Waals surface area contributed by atoms with Crippen molar-refractivity contribution >= 4 is 5.69 Å². The number of nitriles is 1. The molecular weight excluding hydrogens is 243 g/mol. The van der Waals surface area contributed by atoms with Crippen molar-refractivity contribution in [3.8, 4) is 6.07 Å². The Labute approximate surface area is 104 Å². The molecule has 1 aromatic rings. The highest BCUT2D eigenvalue weighted by atomic mass is 19.4. The average molecular weight is 257 g/mol. The van der Waals surface area contributed by atoms with E-state index in [2.05, 4.69) is 5.32 Å². The van der Waals surface area contributed by atoms with Gasteiger partial charge in [0.2, 0.25) is 0 Å². The number of halogens is 3. The van der Waals surface area contributed by atoms with E-state index in [4.69, 9.17) is 5.26 Å². The Morgan fingerprint density at radius 1 is 1.33 bits per heavy atom. The molecule has 98 valence electrons. The largest absolute Gasteiger partial charge is 0.417 e. The number of nitrogens with one attached hydrogen (secondary N) is 1. The fraction of sp³-hybridized carbons (Fsp3) is 0.417. The summed E-state index contributed by atoms with van der Waals surface area (Å²) in [4.78, 5) is 1.95. The third-order valence-corrected chi connectivity index (χ3v) is 2.33. The SMILES string of the molecule is CN(C)CCNc1ccc(C(F)(F)F)c(C#N)c1. The summed E-state index contributed by atoms with van der Waals surface area (Å²) in [6.07, 6.45) is -4.49. The van der Waals surface area contributed by atoms with E-state index in [1.807, 2.05) is 19.0 Å². The van der Waals surface area contributed by atoms with Gasteiger partial charge < -0.3 is 10.2 Å². The fourth-order valence-electron chi connectivity index (χ4n) is 1.42. The maximum atomic E-state index is 12.5. The Kier molecular flexibility index (Phi) is 4.56. The molecule has 0 aliphatic heterocycles. The summed E-state index contributed by atoms with van der Waals surface area (Å²) in [5, 5.41) is 11.7. The first-order chi connectivity index (χ1) is 8.34. The van der Waals surface area contributed by atoms with Crippen LogP contribution in [0.2, 0.25) is 0 Å². The number of likely N-dealkylation sites (N-methyl/N-ethyl adjacent to an activating group) is 1. The zero-order valence-corrected chi connectivity index (χ0v) is 10.2. The van der Waals surface area contributed by atoms with Crippen molar-refractivity contribution in [1.29, 1.82) is 5.26 Å². The summed E-state index contributed by atoms with van der Waals surface area (Å²) in [7, 11) is 3.80. The minimum Gasteiger partial charge on any atom is -0.384 e. The highest BCUT2D eigenvalue weighted by molar-refractivity contribution is 5.53. The lowest BCUT2D eigenvalue weighted by Gasteiger charge is -2.13. The first-order valence-electron chi connectivity index (χ1n) is 5.34. The number of hydrogen-bond acceptors (Lipinski definition) is 3. The van der Waals surface area contributed by atoms with Crippen LogP contribution < -0.4 is 5.32 Å². The van der Waals surface area contributed by atoms with E-state index in [-0.39, 0.29) is 5.56 Å². The monoisotopic (exact) mass is 257 g/mol. The molecule has 0 saturated carbocycles. The average Bonchev–Trinajstić information content (AvgIpc) is 2.26. The maximum absolute atomic E-state index is 12.5. The van der Waals surface area contributed by atoms with Crippen molar-refractivity contribution in [3.63, 3.8) is 0 Å². The number of anilines is 1. The lowest BCUT2D eigenvalue weighted by Crippen LogP contribution is -2.20. The summed E-state index contributed by atoms with van der Waals surface area (Å²) < 4.78 is 37.6. The Morgan fingerprint density at radius 3 is 2.50 bits per heavy atom. The molecule has 0 aliphatic rings. The predicted octanol–water partition coefficient (Wildman–Crippen LogP) is 2.55. The smallest absolute Gasteiger partial charge is 0.384 e. The van der Waals surface area contributed by atoms with Crippen LogP contribution in [0.1, 0.15) is 11.1 Å². The van der Waals surface area contributed by atoms with Crippen molar-refractivity contribution < 1.29 is 13.2 Å². The zero-order chi connectivity index (χ0) is 13.8. The topological polar surface area (TPSA) is 39.1 Å². The minimum atomic E-state index is -4.49. The first kappa shape index (κ1) is 14.3. The lowest BCUT2D eigenvalue weighted by molar-refractivity contribution is -0.137. The van der Waals surface area contributed by atoms with Crippen molar-refractivity contribution in [2.75, 3.05) is 32.5 Å². The molecular formula is C12H14F3N3. The first-order valence-corrected chi connectivity index (χ1v) is 5.34. The standard InChI is InChI=1S/C12H14F3N3/c1-18(2)6-5-17-10-3-4-11(12(13,14)15)9(7-10)8-16/h3-4,7,17H,5-6H2,1-2H3. The van der Waals surface area contributed by atoms with Crippen LogP contribution in [0.5, 0.6) is 0 Å². The molecule has 0 heterocycles. The van der Waals surface area contributed by atoms with Gasteiger partial charge in [0, 0.05) is 18.8 Å². The maximum Gasteiger partial charge on any atom is 0.417 e. The summed E-state index contributed by atoms with van der Waals surface area (Å²) in [6, 6.07) is 5.05. The highest BCUT2D eigenvalue weighted by Crippen LogP contribution is 2.32. The molecule has 0 spiro atoms. The summed E-state index contributed by atoms with van der Waals surface area (Å²) in [5.74, 6) is 0. The van der Waals surface area contributed by atoms with Crippen LogP contribution in [0.3, 0.4) is 0 Å². The van der Waals surface area contributed by atoms with Gasteiger partial charge in [-0.15, -0.1) is 0 Å². The molecule has 1 rings (SSSR count). The second-order valence-corrected chi connectivity index (χ2v) is 4.10. The molecule has 0 atom stereocenters. The Hall–Kier alpha value is -1.74. The predicted molar refractivity (Wildman–Crippen MR) is 63.2 cm³/mol. The molecule has 0 bridgehead atoms. The molecule has 6 heteroatoms. The van der Waals surface area contributed by atoms with E-state index in [0.29, 0.717) is 12.2 Å². The van der Waals surface area contributed by atoms with Crippen molar-refractivity contribution in [3.05, 3.63) is 29.3 Å². The minimum absolute atomic E-state index is 0.364. The molecule has 0 amide bonds. The van der Waals surface area contributed by atoms with Gasteiger partial charge in [0.05, 0.1) is 17.2 Å². The molecule has 1 aromatic carbocycles. The van der Waals surface area contributed by atoms with E-state index in [0.717, 1.165) is 12.6 Å². The van der Waals surface area contributed by atoms with E-state index in [9.17, 15) is 13.2 Å². The Balaban J connectivity index is 2.84. The summed E-state index contributed by atoms with van der Waals surface area (Å²) >= 11 is 0. The van der Waals surface area contributed by atoms with Gasteiger partial charge in [-0.2, -0.15) is 18.4 Å². The number of benzene rings is 1. The third kappa shape index (κ3) is 3.93. The van der Waals surface area contributed by atoms with Crippen LogP contribution in [0.15, 0.2) is 18.2 Å². The van der Waals surface area contributed by atoms with Crippen molar-refractivity contribution in [1.82, 2.24) is 4.90 Å². The molecule has 18 heavy (non-hydrogen) atoms. The second kappa shape index (κ2) is 5.74. The zero-order valence-electron chi connectivity index (χ0n) is 10.2. The van der Waals surface area contributed by atoms with Gasteiger partial charge >= 0.3 is 6.18 Å². The van der Waals surface area contributed by atoms with Gasteiger partial charge in [0.1, 0.15) is 0 Å². The number of hydrogen-bond donors (Lipinski definition) is 1. The molecule has 1 N–H and O–H groups in total. The number of alkyl halides is 3. The third-order valence-electron chi connectivity index (χ3n) is 2.33. The highest BCUT2D eigenvalue weighted by Gasteiger charge is 2.33. The Morgan fingerprint density at radius 2 is 2.00 bits per heavy atom. The van der Waals surface area contributed by atoms with Crippen LogP contribution in [-0.2, 0) is 6.18 Å². The molecule has 0 unspecified atom stereocenters. The van der Waals surface area contributed by atoms with Gasteiger partial charge in [-0.05, 0) is 32.3 Å². The molecule has 0 fully saturated rings. The molecule has 0 aliphatic carbocycles. The molecule has 0 radical (unpaired) electrons. The van der Waals surface area contributed by atoms with Crippen LogP contribution in [0.4, 0.5) is 18.9 Å². The molecule has 3 nitrogen and oxygen atoms in total. The quantitative estimate of drug-likeness (QED) is 0.901. The number of nitrogens with zero attached hydrogens (tertiary/aromatic N) is 2. The summed E-state index contributed by atoms with van der Waals surface area (Å²) in [6.45, 7) is 1.35. The van der Waals surface area contributed by atoms with Gasteiger partial charge in [0.25, 0.3) is 0 Å². The second-order valence-electron chi connectivity index (χ2n) is 4.10.